The normalized spacial score (nSPS) is 10.2. The van der Waals surface area contributed by atoms with Crippen LogP contribution < -0.4 is 0 Å². The molecule has 2 rings (SSSR count). The second-order valence-electron chi connectivity index (χ2n) is 3.17. The van der Waals surface area contributed by atoms with Crippen LogP contribution in [0.25, 0.3) is 11.4 Å². The molecule has 0 spiro atoms. The first-order valence-corrected chi connectivity index (χ1v) is 4.76. The van der Waals surface area contributed by atoms with Crippen LogP contribution in [0.4, 0.5) is 0 Å². The van der Waals surface area contributed by atoms with Crippen molar-refractivity contribution in [3.63, 3.8) is 0 Å². The molecule has 0 unspecified atom stereocenters. The van der Waals surface area contributed by atoms with Crippen molar-refractivity contribution in [3.05, 3.63) is 48.3 Å². The molecule has 0 aliphatic carbocycles. The molecule has 1 aromatic carbocycles. The molecule has 1 heterocycles. The number of hydrogen-bond acceptors (Lipinski definition) is 3. The van der Waals surface area contributed by atoms with Crippen molar-refractivity contribution in [2.24, 2.45) is 0 Å². The fourth-order valence-electron chi connectivity index (χ4n) is 1.35. The topological polar surface area (TPSA) is 35.0 Å². The van der Waals surface area contributed by atoms with Crippen LogP contribution in [0.15, 0.2) is 42.6 Å². The van der Waals surface area contributed by atoms with E-state index in [1.54, 1.807) is 13.3 Å². The third-order valence-corrected chi connectivity index (χ3v) is 2.04. The molecule has 1 aromatic heterocycles. The van der Waals surface area contributed by atoms with Crippen LogP contribution in [0.2, 0.25) is 0 Å². The number of nitrogens with zero attached hydrogens (tertiary/aromatic N) is 2. The van der Waals surface area contributed by atoms with E-state index in [9.17, 15) is 0 Å². The Hall–Kier alpha value is -1.74. The fourth-order valence-corrected chi connectivity index (χ4v) is 1.35. The Morgan fingerprint density at radius 3 is 2.67 bits per heavy atom. The van der Waals surface area contributed by atoms with Crippen LogP contribution >= 0.6 is 0 Å². The zero-order valence-corrected chi connectivity index (χ0v) is 8.55. The summed E-state index contributed by atoms with van der Waals surface area (Å²) in [4.78, 5) is 8.62. The molecule has 0 aliphatic heterocycles. The fraction of sp³-hybridized carbons (Fsp3) is 0.167. The van der Waals surface area contributed by atoms with E-state index in [1.165, 1.54) is 0 Å². The summed E-state index contributed by atoms with van der Waals surface area (Å²) in [7, 11) is 1.66. The minimum atomic E-state index is 0.516. The molecule has 76 valence electrons. The zero-order chi connectivity index (χ0) is 10.5. The summed E-state index contributed by atoms with van der Waals surface area (Å²) in [5, 5.41) is 0. The van der Waals surface area contributed by atoms with Crippen LogP contribution in [-0.2, 0) is 11.3 Å². The molecule has 0 fully saturated rings. The van der Waals surface area contributed by atoms with Crippen LogP contribution in [-0.4, -0.2) is 17.1 Å². The molecular formula is C12H12N2O. The van der Waals surface area contributed by atoms with Gasteiger partial charge in [0.25, 0.3) is 0 Å². The highest BCUT2D eigenvalue weighted by atomic mass is 16.5. The van der Waals surface area contributed by atoms with E-state index in [0.717, 1.165) is 17.1 Å². The smallest absolute Gasteiger partial charge is 0.159 e. The van der Waals surface area contributed by atoms with Crippen LogP contribution in [0.1, 0.15) is 5.69 Å². The highest BCUT2D eigenvalue weighted by Crippen LogP contribution is 2.13. The molecule has 2 aromatic rings. The van der Waals surface area contributed by atoms with E-state index in [1.807, 2.05) is 36.4 Å². The molecule has 3 heteroatoms. The highest BCUT2D eigenvalue weighted by molar-refractivity contribution is 5.54. The van der Waals surface area contributed by atoms with Gasteiger partial charge >= 0.3 is 0 Å². The molecule has 0 radical (unpaired) electrons. The highest BCUT2D eigenvalue weighted by Gasteiger charge is 2.01. The molecule has 15 heavy (non-hydrogen) atoms. The monoisotopic (exact) mass is 200 g/mol. The van der Waals surface area contributed by atoms with E-state index in [2.05, 4.69) is 9.97 Å². The lowest BCUT2D eigenvalue weighted by atomic mass is 10.2. The first kappa shape index (κ1) is 9.80. The third-order valence-electron chi connectivity index (χ3n) is 2.04. The van der Waals surface area contributed by atoms with Crippen molar-refractivity contribution in [2.75, 3.05) is 7.11 Å². The summed E-state index contributed by atoms with van der Waals surface area (Å²) >= 11 is 0. The van der Waals surface area contributed by atoms with Crippen molar-refractivity contribution >= 4 is 0 Å². The van der Waals surface area contributed by atoms with Crippen LogP contribution in [0.3, 0.4) is 0 Å². The summed E-state index contributed by atoms with van der Waals surface area (Å²) in [6, 6.07) is 11.8. The second-order valence-corrected chi connectivity index (χ2v) is 3.17. The van der Waals surface area contributed by atoms with Gasteiger partial charge in [-0.3, -0.25) is 0 Å². The van der Waals surface area contributed by atoms with Gasteiger partial charge in [-0.2, -0.15) is 0 Å². The number of hydrogen-bond donors (Lipinski definition) is 0. The summed E-state index contributed by atoms with van der Waals surface area (Å²) in [5.74, 6) is 0.741. The lowest BCUT2D eigenvalue weighted by Crippen LogP contribution is -1.96. The standard InChI is InChI=1S/C12H12N2O/c1-15-9-11-7-8-13-12(14-11)10-5-3-2-4-6-10/h2-8H,9H2,1H3. The zero-order valence-electron chi connectivity index (χ0n) is 8.55. The molecular weight excluding hydrogens is 188 g/mol. The molecule has 0 amide bonds. The van der Waals surface area contributed by atoms with Gasteiger partial charge in [-0.05, 0) is 6.07 Å². The molecule has 0 atom stereocenters. The third kappa shape index (κ3) is 2.39. The largest absolute Gasteiger partial charge is 0.378 e. The Bertz CT molecular complexity index is 429. The lowest BCUT2D eigenvalue weighted by Gasteiger charge is -2.02. The maximum Gasteiger partial charge on any atom is 0.159 e. The van der Waals surface area contributed by atoms with Gasteiger partial charge in [0.05, 0.1) is 12.3 Å². The maximum atomic E-state index is 5.03. The Morgan fingerprint density at radius 2 is 1.93 bits per heavy atom. The van der Waals surface area contributed by atoms with Crippen molar-refractivity contribution in [3.8, 4) is 11.4 Å². The van der Waals surface area contributed by atoms with Crippen molar-refractivity contribution in [2.45, 2.75) is 6.61 Å². The quantitative estimate of drug-likeness (QED) is 0.762. The molecule has 0 saturated carbocycles. The van der Waals surface area contributed by atoms with Gasteiger partial charge in [-0.1, -0.05) is 30.3 Å². The Balaban J connectivity index is 2.33. The molecule has 0 aliphatic rings. The van der Waals surface area contributed by atoms with Gasteiger partial charge in [0.15, 0.2) is 5.82 Å². The van der Waals surface area contributed by atoms with Gasteiger partial charge in [-0.25, -0.2) is 9.97 Å². The average Bonchev–Trinajstić information content (AvgIpc) is 2.31. The summed E-state index contributed by atoms with van der Waals surface area (Å²) < 4.78 is 5.03. The minimum absolute atomic E-state index is 0.516. The number of benzene rings is 1. The SMILES string of the molecule is COCc1ccnc(-c2ccccc2)n1. The van der Waals surface area contributed by atoms with Crippen molar-refractivity contribution in [1.82, 2.24) is 9.97 Å². The minimum Gasteiger partial charge on any atom is -0.378 e. The van der Waals surface area contributed by atoms with Gasteiger partial charge in [0.2, 0.25) is 0 Å². The number of aromatic nitrogens is 2. The van der Waals surface area contributed by atoms with E-state index < -0.39 is 0 Å². The predicted molar refractivity (Wildman–Crippen MR) is 58.2 cm³/mol. The van der Waals surface area contributed by atoms with E-state index >= 15 is 0 Å². The summed E-state index contributed by atoms with van der Waals surface area (Å²) in [6.45, 7) is 0.516. The molecule has 0 bridgehead atoms. The van der Waals surface area contributed by atoms with Crippen LogP contribution in [0, 0.1) is 0 Å². The van der Waals surface area contributed by atoms with Crippen molar-refractivity contribution in [1.29, 1.82) is 0 Å². The van der Waals surface area contributed by atoms with Gasteiger partial charge < -0.3 is 4.74 Å². The number of methoxy groups -OCH3 is 1. The molecule has 0 N–H and O–H groups in total. The van der Waals surface area contributed by atoms with Gasteiger partial charge in [0, 0.05) is 18.9 Å². The Kier molecular flexibility index (Phi) is 3.05. The predicted octanol–water partition coefficient (Wildman–Crippen LogP) is 2.29. The van der Waals surface area contributed by atoms with Crippen LogP contribution in [0.5, 0.6) is 0 Å². The summed E-state index contributed by atoms with van der Waals surface area (Å²) in [5.41, 5.74) is 1.92. The molecule has 0 saturated heterocycles. The lowest BCUT2D eigenvalue weighted by molar-refractivity contribution is 0.181. The maximum absolute atomic E-state index is 5.03. The van der Waals surface area contributed by atoms with E-state index in [0.29, 0.717) is 6.61 Å². The van der Waals surface area contributed by atoms with Gasteiger partial charge in [0.1, 0.15) is 0 Å². The van der Waals surface area contributed by atoms with Gasteiger partial charge in [-0.15, -0.1) is 0 Å². The summed E-state index contributed by atoms with van der Waals surface area (Å²) in [6.07, 6.45) is 1.75. The van der Waals surface area contributed by atoms with E-state index in [-0.39, 0.29) is 0 Å². The molecule has 3 nitrogen and oxygen atoms in total. The Labute approximate surface area is 88.8 Å². The van der Waals surface area contributed by atoms with Crippen molar-refractivity contribution < 1.29 is 4.74 Å². The average molecular weight is 200 g/mol. The second kappa shape index (κ2) is 4.66. The first-order chi connectivity index (χ1) is 7.40. The first-order valence-electron chi connectivity index (χ1n) is 4.76. The van der Waals surface area contributed by atoms with E-state index in [4.69, 9.17) is 4.74 Å². The number of rotatable bonds is 3. The Morgan fingerprint density at radius 1 is 1.13 bits per heavy atom. The number of ether oxygens (including phenoxy) is 1.